The molecule has 3 N–H and O–H groups in total. The molecule has 0 aliphatic rings. The minimum absolute atomic E-state index is 0.0137. The Morgan fingerprint density at radius 1 is 1.08 bits per heavy atom. The van der Waals surface area contributed by atoms with E-state index in [1.807, 2.05) is 0 Å². The van der Waals surface area contributed by atoms with E-state index in [4.69, 9.17) is 27.9 Å². The van der Waals surface area contributed by atoms with Crippen LogP contribution in [0.5, 0.6) is 0 Å². The molecule has 3 amide bonds. The van der Waals surface area contributed by atoms with E-state index in [-0.39, 0.29) is 37.2 Å². The van der Waals surface area contributed by atoms with Gasteiger partial charge in [0.25, 0.3) is 5.91 Å². The van der Waals surface area contributed by atoms with E-state index in [1.165, 1.54) is 22.9 Å². The second-order valence-electron chi connectivity index (χ2n) is 7.92. The van der Waals surface area contributed by atoms with E-state index in [2.05, 4.69) is 20.9 Å². The van der Waals surface area contributed by atoms with Gasteiger partial charge in [-0.3, -0.25) is 14.9 Å². The maximum absolute atomic E-state index is 12.9. The van der Waals surface area contributed by atoms with Crippen molar-refractivity contribution >= 4 is 52.6 Å². The summed E-state index contributed by atoms with van der Waals surface area (Å²) >= 11 is 11.3. The number of rotatable bonds is 9. The molecule has 0 saturated carbocycles. The molecule has 0 fully saturated rings. The van der Waals surface area contributed by atoms with Crippen molar-refractivity contribution in [1.29, 1.82) is 0 Å². The van der Waals surface area contributed by atoms with Crippen molar-refractivity contribution in [2.75, 3.05) is 29.7 Å². The molecular weight excluding hydrogens is 550 g/mol. The Bertz CT molecular complexity index is 1310. The van der Waals surface area contributed by atoms with Crippen LogP contribution in [0, 0.1) is 6.92 Å². The molecular formula is C24H22Cl2F3N5O4. The third-order valence-corrected chi connectivity index (χ3v) is 5.51. The third kappa shape index (κ3) is 8.12. The Labute approximate surface area is 225 Å². The van der Waals surface area contributed by atoms with Crippen molar-refractivity contribution in [2.24, 2.45) is 0 Å². The van der Waals surface area contributed by atoms with Gasteiger partial charge in [0.2, 0.25) is 5.82 Å². The number of benzene rings is 2. The van der Waals surface area contributed by atoms with E-state index < -0.39 is 29.6 Å². The van der Waals surface area contributed by atoms with E-state index in [9.17, 15) is 27.6 Å². The van der Waals surface area contributed by atoms with Crippen LogP contribution < -0.4 is 16.0 Å². The van der Waals surface area contributed by atoms with Crippen LogP contribution in [0.25, 0.3) is 0 Å². The van der Waals surface area contributed by atoms with Crippen LogP contribution in [0.4, 0.5) is 29.5 Å². The molecule has 0 spiro atoms. The zero-order valence-electron chi connectivity index (χ0n) is 19.9. The van der Waals surface area contributed by atoms with Crippen LogP contribution in [0.3, 0.4) is 0 Å². The maximum atomic E-state index is 12.9. The molecule has 0 unspecified atom stereocenters. The molecule has 1 aromatic heterocycles. The molecule has 0 aliphatic heterocycles. The van der Waals surface area contributed by atoms with Crippen molar-refractivity contribution in [3.63, 3.8) is 0 Å². The SMILES string of the molecule is Cc1cc(Cl)ccc1NC(=O)Nc1cn(Cc2ccc(C(F)(F)F)cc2)c(C(=O)NCCOC(=O)CCl)n1. The summed E-state index contributed by atoms with van der Waals surface area (Å²) in [5.74, 6) is -1.77. The molecule has 14 heteroatoms. The lowest BCUT2D eigenvalue weighted by molar-refractivity contribution is -0.140. The highest BCUT2D eigenvalue weighted by Crippen LogP contribution is 2.29. The first-order valence-electron chi connectivity index (χ1n) is 11.0. The van der Waals surface area contributed by atoms with Gasteiger partial charge in [-0.15, -0.1) is 11.6 Å². The highest BCUT2D eigenvalue weighted by Gasteiger charge is 2.30. The molecule has 0 atom stereocenters. The molecule has 0 radical (unpaired) electrons. The van der Waals surface area contributed by atoms with Gasteiger partial charge >= 0.3 is 18.2 Å². The van der Waals surface area contributed by atoms with Gasteiger partial charge < -0.3 is 19.9 Å². The number of amides is 3. The number of anilines is 2. The predicted octanol–water partition coefficient (Wildman–Crippen LogP) is 5.07. The number of halogens is 5. The van der Waals surface area contributed by atoms with Crippen molar-refractivity contribution in [2.45, 2.75) is 19.6 Å². The van der Waals surface area contributed by atoms with Crippen LogP contribution >= 0.6 is 23.2 Å². The standard InChI is InChI=1S/C24H22Cl2F3N5O4/c1-14-10-17(26)6-7-18(14)31-23(37)33-19-13-34(12-15-2-4-16(5-3-15)24(27,28)29)21(32-19)22(36)30-8-9-38-20(35)11-25/h2-7,10,13H,8-9,11-12H2,1H3,(H,30,36)(H2,31,33,37). The number of hydrogen-bond acceptors (Lipinski definition) is 5. The molecule has 3 aromatic rings. The van der Waals surface area contributed by atoms with E-state index in [0.29, 0.717) is 16.3 Å². The molecule has 0 bridgehead atoms. The smallest absolute Gasteiger partial charge is 0.416 e. The minimum atomic E-state index is -4.49. The van der Waals surface area contributed by atoms with Gasteiger partial charge in [0, 0.05) is 23.5 Å². The average molecular weight is 572 g/mol. The van der Waals surface area contributed by atoms with Crippen LogP contribution in [0.15, 0.2) is 48.7 Å². The van der Waals surface area contributed by atoms with Crippen molar-refractivity contribution in [3.05, 3.63) is 76.2 Å². The predicted molar refractivity (Wildman–Crippen MR) is 136 cm³/mol. The lowest BCUT2D eigenvalue weighted by Crippen LogP contribution is -2.30. The molecule has 0 aliphatic carbocycles. The molecule has 2 aromatic carbocycles. The van der Waals surface area contributed by atoms with Gasteiger partial charge in [-0.2, -0.15) is 13.2 Å². The third-order valence-electron chi connectivity index (χ3n) is 5.05. The van der Waals surface area contributed by atoms with Crippen LogP contribution in [0.1, 0.15) is 27.3 Å². The number of alkyl halides is 4. The number of imidazole rings is 1. The molecule has 1 heterocycles. The fraction of sp³-hybridized carbons (Fsp3) is 0.250. The number of aryl methyl sites for hydroxylation is 1. The number of ether oxygens (including phenoxy) is 1. The summed E-state index contributed by atoms with van der Waals surface area (Å²) < 4.78 is 44.9. The summed E-state index contributed by atoms with van der Waals surface area (Å²) in [5, 5.41) is 8.20. The van der Waals surface area contributed by atoms with Crippen molar-refractivity contribution in [1.82, 2.24) is 14.9 Å². The highest BCUT2D eigenvalue weighted by atomic mass is 35.5. The van der Waals surface area contributed by atoms with Crippen molar-refractivity contribution < 1.29 is 32.3 Å². The van der Waals surface area contributed by atoms with E-state index in [0.717, 1.165) is 17.7 Å². The molecule has 9 nitrogen and oxygen atoms in total. The Morgan fingerprint density at radius 2 is 1.79 bits per heavy atom. The molecule has 3 rings (SSSR count). The number of esters is 1. The lowest BCUT2D eigenvalue weighted by atomic mass is 10.1. The zero-order valence-corrected chi connectivity index (χ0v) is 21.4. The number of aromatic nitrogens is 2. The van der Waals surface area contributed by atoms with Gasteiger partial charge in [-0.25, -0.2) is 9.78 Å². The summed E-state index contributed by atoms with van der Waals surface area (Å²) in [6.45, 7) is 1.56. The Hall–Kier alpha value is -3.77. The summed E-state index contributed by atoms with van der Waals surface area (Å²) in [4.78, 5) is 40.6. The number of carbonyl (C=O) groups excluding carboxylic acids is 3. The fourth-order valence-electron chi connectivity index (χ4n) is 3.26. The van der Waals surface area contributed by atoms with Crippen LogP contribution in [0.2, 0.25) is 5.02 Å². The Morgan fingerprint density at radius 3 is 2.42 bits per heavy atom. The number of urea groups is 1. The first kappa shape index (κ1) is 28.8. The normalized spacial score (nSPS) is 11.1. The maximum Gasteiger partial charge on any atom is 0.416 e. The molecule has 38 heavy (non-hydrogen) atoms. The Balaban J connectivity index is 1.77. The van der Waals surface area contributed by atoms with Crippen molar-refractivity contribution in [3.8, 4) is 0 Å². The zero-order chi connectivity index (χ0) is 27.9. The first-order chi connectivity index (χ1) is 18.0. The largest absolute Gasteiger partial charge is 0.463 e. The number of hydrogen-bond donors (Lipinski definition) is 3. The number of nitrogens with zero attached hydrogens (tertiary/aromatic N) is 2. The summed E-state index contributed by atoms with van der Waals surface area (Å²) in [6, 6.07) is 8.67. The van der Waals surface area contributed by atoms with Gasteiger partial charge in [0.05, 0.1) is 12.1 Å². The minimum Gasteiger partial charge on any atom is -0.463 e. The lowest BCUT2D eigenvalue weighted by Gasteiger charge is -2.10. The summed E-state index contributed by atoms with van der Waals surface area (Å²) in [6.07, 6.45) is -3.12. The summed E-state index contributed by atoms with van der Waals surface area (Å²) in [5.41, 5.74) is 0.858. The van der Waals surface area contributed by atoms with E-state index in [1.54, 1.807) is 25.1 Å². The van der Waals surface area contributed by atoms with Gasteiger partial charge in [0.1, 0.15) is 12.5 Å². The molecule has 202 valence electrons. The second kappa shape index (κ2) is 12.7. The van der Waals surface area contributed by atoms with Crippen LogP contribution in [-0.4, -0.2) is 46.5 Å². The molecule has 0 saturated heterocycles. The Kier molecular flexibility index (Phi) is 9.59. The highest BCUT2D eigenvalue weighted by molar-refractivity contribution is 6.30. The summed E-state index contributed by atoms with van der Waals surface area (Å²) in [7, 11) is 0. The average Bonchev–Trinajstić information content (AvgIpc) is 3.24. The van der Waals surface area contributed by atoms with Gasteiger partial charge in [-0.1, -0.05) is 23.7 Å². The monoisotopic (exact) mass is 571 g/mol. The second-order valence-corrected chi connectivity index (χ2v) is 8.62. The van der Waals surface area contributed by atoms with Crippen LogP contribution in [-0.2, 0) is 22.3 Å². The first-order valence-corrected chi connectivity index (χ1v) is 11.9. The van der Waals surface area contributed by atoms with E-state index >= 15 is 0 Å². The topological polar surface area (TPSA) is 114 Å². The number of carbonyl (C=O) groups is 3. The quantitative estimate of drug-likeness (QED) is 0.188. The van der Waals surface area contributed by atoms with Gasteiger partial charge in [0.15, 0.2) is 5.82 Å². The fourth-order valence-corrected chi connectivity index (χ4v) is 3.56. The van der Waals surface area contributed by atoms with Gasteiger partial charge in [-0.05, 0) is 48.4 Å². The number of nitrogens with one attached hydrogen (secondary N) is 3.